The van der Waals surface area contributed by atoms with Gasteiger partial charge in [0.15, 0.2) is 0 Å². The van der Waals surface area contributed by atoms with Crippen LogP contribution >= 0.6 is 0 Å². The molecule has 1 N–H and O–H groups in total. The maximum absolute atomic E-state index is 13.2. The summed E-state index contributed by atoms with van der Waals surface area (Å²) in [5.41, 5.74) is 1.43. The lowest BCUT2D eigenvalue weighted by atomic mass is 9.72. The minimum absolute atomic E-state index is 0.195. The van der Waals surface area contributed by atoms with E-state index in [1.54, 1.807) is 6.07 Å². The van der Waals surface area contributed by atoms with Gasteiger partial charge in [-0.25, -0.2) is 4.39 Å². The summed E-state index contributed by atoms with van der Waals surface area (Å²) < 4.78 is 13.2. The normalized spacial score (nSPS) is 27.0. The van der Waals surface area contributed by atoms with Gasteiger partial charge in [0.1, 0.15) is 5.82 Å². The first-order valence-corrected chi connectivity index (χ1v) is 7.85. The van der Waals surface area contributed by atoms with Crippen molar-refractivity contribution in [3.63, 3.8) is 0 Å². The average Bonchev–Trinajstić information content (AvgIpc) is 2.32. The van der Waals surface area contributed by atoms with Crippen LogP contribution < -0.4 is 0 Å². The van der Waals surface area contributed by atoms with Crippen LogP contribution in [0.25, 0.3) is 0 Å². The topological polar surface area (TPSA) is 20.2 Å². The van der Waals surface area contributed by atoms with Gasteiger partial charge in [0, 0.05) is 6.42 Å². The van der Waals surface area contributed by atoms with Gasteiger partial charge in [-0.3, -0.25) is 0 Å². The molecule has 0 heterocycles. The van der Waals surface area contributed by atoms with E-state index in [2.05, 4.69) is 13.8 Å². The molecule has 0 aromatic heterocycles. The van der Waals surface area contributed by atoms with Crippen molar-refractivity contribution in [3.8, 4) is 0 Å². The van der Waals surface area contributed by atoms with E-state index in [1.165, 1.54) is 18.9 Å². The fraction of sp³-hybridized carbons (Fsp3) is 0.667. The summed E-state index contributed by atoms with van der Waals surface area (Å²) in [6.07, 6.45) is 5.97. The standard InChI is InChI=1S/C18H27FO/c1-13(2)9-15-5-4-8-18(20,11-15)12-16-6-7-17(19)10-14(16)3/h6-7,10,13,15,20H,4-5,8-9,11-12H2,1-3H3. The molecule has 1 nitrogen and oxygen atoms in total. The van der Waals surface area contributed by atoms with Gasteiger partial charge in [0.05, 0.1) is 5.60 Å². The van der Waals surface area contributed by atoms with E-state index in [0.29, 0.717) is 18.3 Å². The summed E-state index contributed by atoms with van der Waals surface area (Å²) in [7, 11) is 0. The predicted molar refractivity (Wildman–Crippen MR) is 81.2 cm³/mol. The molecule has 1 aromatic rings. The van der Waals surface area contributed by atoms with E-state index in [1.807, 2.05) is 13.0 Å². The Bertz CT molecular complexity index is 455. The quantitative estimate of drug-likeness (QED) is 0.850. The third-order valence-electron chi connectivity index (χ3n) is 4.55. The zero-order chi connectivity index (χ0) is 14.8. The Labute approximate surface area is 122 Å². The summed E-state index contributed by atoms with van der Waals surface area (Å²) in [5.74, 6) is 1.13. The minimum atomic E-state index is -0.597. The number of aryl methyl sites for hydroxylation is 1. The van der Waals surface area contributed by atoms with Gasteiger partial charge in [-0.2, -0.15) is 0 Å². The molecule has 0 radical (unpaired) electrons. The van der Waals surface area contributed by atoms with E-state index in [-0.39, 0.29) is 5.82 Å². The van der Waals surface area contributed by atoms with Crippen LogP contribution in [0.4, 0.5) is 4.39 Å². The van der Waals surface area contributed by atoms with Crippen molar-refractivity contribution >= 4 is 0 Å². The second-order valence-electron chi connectivity index (χ2n) is 7.06. The van der Waals surface area contributed by atoms with Gasteiger partial charge in [-0.05, 0) is 61.3 Å². The smallest absolute Gasteiger partial charge is 0.123 e. The number of benzene rings is 1. The zero-order valence-corrected chi connectivity index (χ0v) is 13.0. The molecule has 2 rings (SSSR count). The van der Waals surface area contributed by atoms with Crippen molar-refractivity contribution in [1.29, 1.82) is 0 Å². The summed E-state index contributed by atoms with van der Waals surface area (Å²) >= 11 is 0. The highest BCUT2D eigenvalue weighted by Crippen LogP contribution is 2.38. The Morgan fingerprint density at radius 2 is 2.15 bits per heavy atom. The maximum atomic E-state index is 13.2. The highest BCUT2D eigenvalue weighted by Gasteiger charge is 2.34. The molecule has 1 aliphatic carbocycles. The number of hydrogen-bond acceptors (Lipinski definition) is 1. The number of halogens is 1. The SMILES string of the molecule is Cc1cc(F)ccc1CC1(O)CCCC(CC(C)C)C1. The van der Waals surface area contributed by atoms with Gasteiger partial charge < -0.3 is 5.11 Å². The molecule has 112 valence electrons. The molecule has 0 bridgehead atoms. The molecule has 1 fully saturated rings. The lowest BCUT2D eigenvalue weighted by Crippen LogP contribution is -2.38. The second kappa shape index (κ2) is 6.26. The van der Waals surface area contributed by atoms with Crippen molar-refractivity contribution in [1.82, 2.24) is 0 Å². The molecule has 2 heteroatoms. The van der Waals surface area contributed by atoms with Gasteiger partial charge in [-0.1, -0.05) is 32.8 Å². The Balaban J connectivity index is 2.06. The third-order valence-corrected chi connectivity index (χ3v) is 4.55. The van der Waals surface area contributed by atoms with Crippen LogP contribution in [0.2, 0.25) is 0 Å². The monoisotopic (exact) mass is 278 g/mol. The van der Waals surface area contributed by atoms with Gasteiger partial charge >= 0.3 is 0 Å². The Hall–Kier alpha value is -0.890. The first-order valence-electron chi connectivity index (χ1n) is 7.85. The molecule has 0 aliphatic heterocycles. The number of rotatable bonds is 4. The molecule has 0 amide bonds. The molecule has 0 saturated heterocycles. The highest BCUT2D eigenvalue weighted by molar-refractivity contribution is 5.28. The minimum Gasteiger partial charge on any atom is -0.390 e. The van der Waals surface area contributed by atoms with Crippen LogP contribution in [-0.2, 0) is 6.42 Å². The van der Waals surface area contributed by atoms with Gasteiger partial charge in [0.25, 0.3) is 0 Å². The first-order chi connectivity index (χ1) is 9.38. The second-order valence-corrected chi connectivity index (χ2v) is 7.06. The molecule has 2 unspecified atom stereocenters. The zero-order valence-electron chi connectivity index (χ0n) is 13.0. The van der Waals surface area contributed by atoms with Crippen molar-refractivity contribution < 1.29 is 9.50 Å². The van der Waals surface area contributed by atoms with Crippen molar-refractivity contribution in [3.05, 3.63) is 35.1 Å². The van der Waals surface area contributed by atoms with E-state index in [9.17, 15) is 9.50 Å². The molecule has 1 saturated carbocycles. The average molecular weight is 278 g/mol. The lowest BCUT2D eigenvalue weighted by Gasteiger charge is -2.38. The van der Waals surface area contributed by atoms with Gasteiger partial charge in [-0.15, -0.1) is 0 Å². The fourth-order valence-corrected chi connectivity index (χ4v) is 3.70. The van der Waals surface area contributed by atoms with E-state index >= 15 is 0 Å². The van der Waals surface area contributed by atoms with Crippen LogP contribution in [0.3, 0.4) is 0 Å². The van der Waals surface area contributed by atoms with Crippen LogP contribution in [0.1, 0.15) is 57.1 Å². The van der Waals surface area contributed by atoms with E-state index in [0.717, 1.165) is 30.4 Å². The Kier molecular flexibility index (Phi) is 4.85. The van der Waals surface area contributed by atoms with Crippen molar-refractivity contribution in [2.75, 3.05) is 0 Å². The molecule has 2 atom stereocenters. The predicted octanol–water partition coefficient (Wildman–Crippen LogP) is 4.64. The van der Waals surface area contributed by atoms with Crippen molar-refractivity contribution in [2.24, 2.45) is 11.8 Å². The maximum Gasteiger partial charge on any atom is 0.123 e. The molecular formula is C18H27FO. The molecule has 1 aromatic carbocycles. The summed E-state index contributed by atoms with van der Waals surface area (Å²) in [6.45, 7) is 6.42. The Morgan fingerprint density at radius 3 is 2.80 bits per heavy atom. The Morgan fingerprint density at radius 1 is 1.40 bits per heavy atom. The van der Waals surface area contributed by atoms with Gasteiger partial charge in [0.2, 0.25) is 0 Å². The summed E-state index contributed by atoms with van der Waals surface area (Å²) in [6, 6.07) is 4.89. The molecule has 1 aliphatic rings. The fourth-order valence-electron chi connectivity index (χ4n) is 3.70. The van der Waals surface area contributed by atoms with Crippen LogP contribution in [0, 0.1) is 24.6 Å². The lowest BCUT2D eigenvalue weighted by molar-refractivity contribution is -0.0190. The highest BCUT2D eigenvalue weighted by atomic mass is 19.1. The summed E-state index contributed by atoms with van der Waals surface area (Å²) in [5, 5.41) is 10.9. The van der Waals surface area contributed by atoms with Crippen molar-refractivity contribution in [2.45, 2.75) is 64.9 Å². The number of aliphatic hydroxyl groups is 1. The molecule has 0 spiro atoms. The van der Waals surface area contributed by atoms with E-state index < -0.39 is 5.60 Å². The first kappa shape index (κ1) is 15.5. The van der Waals surface area contributed by atoms with Crippen LogP contribution in [-0.4, -0.2) is 10.7 Å². The molecular weight excluding hydrogens is 251 g/mol. The van der Waals surface area contributed by atoms with Crippen LogP contribution in [0.5, 0.6) is 0 Å². The molecule has 20 heavy (non-hydrogen) atoms. The largest absolute Gasteiger partial charge is 0.390 e. The summed E-state index contributed by atoms with van der Waals surface area (Å²) in [4.78, 5) is 0. The third kappa shape index (κ3) is 4.05. The number of hydrogen-bond donors (Lipinski definition) is 1. The van der Waals surface area contributed by atoms with E-state index in [4.69, 9.17) is 0 Å². The van der Waals surface area contributed by atoms with Crippen LogP contribution in [0.15, 0.2) is 18.2 Å².